The Morgan fingerprint density at radius 1 is 0.870 bits per heavy atom. The fourth-order valence-corrected chi connectivity index (χ4v) is 6.92. The standard InChI is InChI=1S/C36H40ClN3O4S2/c1-26(2)23-38-36(42)34(22-28-10-6-5-7-11-28)39(24-29-12-8-9-13-33(29)37)35(41)25-40(30-16-14-27(3)15-17-30)46(43,44)32-20-18-31(45-4)19-21-32/h5-21,26,34H,22-25H2,1-4H3,(H,38,42)/t34-/m0/s1. The molecule has 0 aliphatic carbocycles. The molecular formula is C36H40ClN3O4S2. The fraction of sp³-hybridized carbons (Fsp3) is 0.278. The second kappa shape index (κ2) is 16.2. The molecule has 0 radical (unpaired) electrons. The molecule has 4 aromatic carbocycles. The van der Waals surface area contributed by atoms with Crippen LogP contribution in [0.25, 0.3) is 0 Å². The van der Waals surface area contributed by atoms with Crippen molar-refractivity contribution in [2.75, 3.05) is 23.7 Å². The molecule has 10 heteroatoms. The Balaban J connectivity index is 1.80. The minimum Gasteiger partial charge on any atom is -0.354 e. The zero-order valence-electron chi connectivity index (χ0n) is 26.5. The number of aryl methyl sites for hydroxylation is 1. The highest BCUT2D eigenvalue weighted by Crippen LogP contribution is 2.27. The van der Waals surface area contributed by atoms with Crippen LogP contribution in [-0.2, 0) is 32.6 Å². The van der Waals surface area contributed by atoms with Crippen LogP contribution in [0.5, 0.6) is 0 Å². The molecule has 4 rings (SSSR count). The largest absolute Gasteiger partial charge is 0.354 e. The summed E-state index contributed by atoms with van der Waals surface area (Å²) in [6.45, 7) is 5.81. The highest BCUT2D eigenvalue weighted by molar-refractivity contribution is 7.98. The van der Waals surface area contributed by atoms with E-state index in [4.69, 9.17) is 11.6 Å². The lowest BCUT2D eigenvalue weighted by Crippen LogP contribution is -2.53. The molecule has 0 aliphatic heterocycles. The topological polar surface area (TPSA) is 86.8 Å². The maximum atomic E-state index is 14.6. The molecule has 0 unspecified atom stereocenters. The van der Waals surface area contributed by atoms with E-state index in [0.717, 1.165) is 20.3 Å². The van der Waals surface area contributed by atoms with Crippen molar-refractivity contribution >= 4 is 50.9 Å². The average Bonchev–Trinajstić information content (AvgIpc) is 3.05. The van der Waals surface area contributed by atoms with Crippen molar-refractivity contribution in [2.24, 2.45) is 5.92 Å². The number of carbonyl (C=O) groups excluding carboxylic acids is 2. The summed E-state index contributed by atoms with van der Waals surface area (Å²) in [5, 5.41) is 3.44. The molecule has 0 heterocycles. The average molecular weight is 678 g/mol. The van der Waals surface area contributed by atoms with Crippen molar-refractivity contribution in [3.63, 3.8) is 0 Å². The van der Waals surface area contributed by atoms with Crippen molar-refractivity contribution in [1.29, 1.82) is 0 Å². The van der Waals surface area contributed by atoms with E-state index in [0.29, 0.717) is 22.8 Å². The van der Waals surface area contributed by atoms with E-state index < -0.39 is 28.5 Å². The van der Waals surface area contributed by atoms with E-state index in [2.05, 4.69) is 5.32 Å². The normalized spacial score (nSPS) is 12.0. The van der Waals surface area contributed by atoms with Crippen molar-refractivity contribution in [3.8, 4) is 0 Å². The predicted octanol–water partition coefficient (Wildman–Crippen LogP) is 6.98. The maximum absolute atomic E-state index is 14.6. The van der Waals surface area contributed by atoms with Gasteiger partial charge in [-0.05, 0) is 72.7 Å². The monoisotopic (exact) mass is 677 g/mol. The van der Waals surface area contributed by atoms with Gasteiger partial charge in [-0.2, -0.15) is 0 Å². The van der Waals surface area contributed by atoms with Gasteiger partial charge in [-0.3, -0.25) is 13.9 Å². The van der Waals surface area contributed by atoms with E-state index in [-0.39, 0.29) is 29.7 Å². The zero-order chi connectivity index (χ0) is 33.3. The summed E-state index contributed by atoms with van der Waals surface area (Å²) >= 11 is 8.07. The number of hydrogen-bond donors (Lipinski definition) is 1. The van der Waals surface area contributed by atoms with Crippen LogP contribution in [0.2, 0.25) is 5.02 Å². The quantitative estimate of drug-likeness (QED) is 0.146. The van der Waals surface area contributed by atoms with Gasteiger partial charge in [0.2, 0.25) is 11.8 Å². The molecular weight excluding hydrogens is 638 g/mol. The minimum atomic E-state index is -4.18. The molecule has 4 aromatic rings. The second-order valence-electron chi connectivity index (χ2n) is 11.5. The molecule has 1 N–H and O–H groups in total. The highest BCUT2D eigenvalue weighted by atomic mass is 35.5. The lowest BCUT2D eigenvalue weighted by molar-refractivity contribution is -0.140. The molecule has 0 aliphatic rings. The number of anilines is 1. The number of nitrogens with one attached hydrogen (secondary N) is 1. The summed E-state index contributed by atoms with van der Waals surface area (Å²) in [7, 11) is -4.18. The van der Waals surface area contributed by atoms with Crippen LogP contribution in [0, 0.1) is 12.8 Å². The number of hydrogen-bond acceptors (Lipinski definition) is 5. The Labute approximate surface area is 282 Å². The molecule has 2 amide bonds. The minimum absolute atomic E-state index is 0.00924. The summed E-state index contributed by atoms with van der Waals surface area (Å²) in [4.78, 5) is 30.9. The molecule has 0 spiro atoms. The van der Waals surface area contributed by atoms with Gasteiger partial charge in [0.1, 0.15) is 12.6 Å². The van der Waals surface area contributed by atoms with Crippen LogP contribution >= 0.6 is 23.4 Å². The molecule has 0 bridgehead atoms. The Hall–Kier alpha value is -3.79. The third-order valence-electron chi connectivity index (χ3n) is 7.50. The van der Waals surface area contributed by atoms with E-state index >= 15 is 0 Å². The number of nitrogens with zero attached hydrogens (tertiary/aromatic N) is 2. The third kappa shape index (κ3) is 9.15. The van der Waals surface area contributed by atoms with Crippen LogP contribution in [0.3, 0.4) is 0 Å². The first-order valence-corrected chi connectivity index (χ1v) is 18.1. The first-order valence-electron chi connectivity index (χ1n) is 15.1. The van der Waals surface area contributed by atoms with Crippen LogP contribution in [0.4, 0.5) is 5.69 Å². The van der Waals surface area contributed by atoms with Crippen LogP contribution in [0.1, 0.15) is 30.5 Å². The summed E-state index contributed by atoms with van der Waals surface area (Å²) < 4.78 is 29.5. The molecule has 242 valence electrons. The molecule has 0 saturated carbocycles. The molecule has 1 atom stereocenters. The van der Waals surface area contributed by atoms with E-state index in [1.165, 1.54) is 16.7 Å². The second-order valence-corrected chi connectivity index (χ2v) is 14.6. The molecule has 0 saturated heterocycles. The van der Waals surface area contributed by atoms with Gasteiger partial charge in [0.25, 0.3) is 10.0 Å². The summed E-state index contributed by atoms with van der Waals surface area (Å²) in [6.07, 6.45) is 2.14. The summed E-state index contributed by atoms with van der Waals surface area (Å²) in [5.41, 5.74) is 2.79. The van der Waals surface area contributed by atoms with Crippen LogP contribution in [-0.4, -0.2) is 50.5 Å². The van der Waals surface area contributed by atoms with Crippen LogP contribution in [0.15, 0.2) is 113 Å². The fourth-order valence-electron chi connectivity index (χ4n) is 4.90. The molecule has 0 fully saturated rings. The molecule has 0 aromatic heterocycles. The van der Waals surface area contributed by atoms with E-state index in [1.54, 1.807) is 66.7 Å². The van der Waals surface area contributed by atoms with E-state index in [9.17, 15) is 18.0 Å². The Morgan fingerprint density at radius 2 is 1.50 bits per heavy atom. The van der Waals surface area contributed by atoms with Crippen LogP contribution < -0.4 is 9.62 Å². The Bertz CT molecular complexity index is 1710. The predicted molar refractivity (Wildman–Crippen MR) is 188 cm³/mol. The van der Waals surface area contributed by atoms with Crippen molar-refractivity contribution < 1.29 is 18.0 Å². The SMILES string of the molecule is CSc1ccc(S(=O)(=O)N(CC(=O)N(Cc2ccccc2Cl)[C@@H](Cc2ccccc2)C(=O)NCC(C)C)c2ccc(C)cc2)cc1. The van der Waals surface area contributed by atoms with Gasteiger partial charge < -0.3 is 10.2 Å². The number of carbonyl (C=O) groups is 2. The number of thioether (sulfide) groups is 1. The van der Waals surface area contributed by atoms with Crippen molar-refractivity contribution in [3.05, 3.63) is 125 Å². The summed E-state index contributed by atoms with van der Waals surface area (Å²) in [6, 6.07) is 29.2. The Kier molecular flexibility index (Phi) is 12.3. The smallest absolute Gasteiger partial charge is 0.264 e. The third-order valence-corrected chi connectivity index (χ3v) is 10.4. The summed E-state index contributed by atoms with van der Waals surface area (Å²) in [5.74, 6) is -0.672. The first-order chi connectivity index (χ1) is 22.0. The highest BCUT2D eigenvalue weighted by Gasteiger charge is 2.35. The number of sulfonamides is 1. The van der Waals surface area contributed by atoms with Gasteiger partial charge >= 0.3 is 0 Å². The van der Waals surface area contributed by atoms with Gasteiger partial charge in [-0.1, -0.05) is 91.7 Å². The number of halogens is 1. The molecule has 7 nitrogen and oxygen atoms in total. The Morgan fingerprint density at radius 3 is 2.11 bits per heavy atom. The van der Waals surface area contributed by atoms with Gasteiger partial charge in [0.05, 0.1) is 10.6 Å². The van der Waals surface area contributed by atoms with Crippen molar-refractivity contribution in [1.82, 2.24) is 10.2 Å². The van der Waals surface area contributed by atoms with Gasteiger partial charge in [0.15, 0.2) is 0 Å². The zero-order valence-corrected chi connectivity index (χ0v) is 28.9. The van der Waals surface area contributed by atoms with Gasteiger partial charge in [0, 0.05) is 29.4 Å². The molecule has 46 heavy (non-hydrogen) atoms. The number of benzene rings is 4. The van der Waals surface area contributed by atoms with Gasteiger partial charge in [-0.25, -0.2) is 8.42 Å². The van der Waals surface area contributed by atoms with Crippen molar-refractivity contribution in [2.45, 2.75) is 49.6 Å². The number of rotatable bonds is 14. The number of amides is 2. The lowest BCUT2D eigenvalue weighted by atomic mass is 10.0. The first kappa shape index (κ1) is 35.1. The maximum Gasteiger partial charge on any atom is 0.264 e. The van der Waals surface area contributed by atoms with Gasteiger partial charge in [-0.15, -0.1) is 11.8 Å². The van der Waals surface area contributed by atoms with E-state index in [1.807, 2.05) is 63.4 Å². The lowest BCUT2D eigenvalue weighted by Gasteiger charge is -2.34.